The number of unbranched alkanes of at least 4 members (excludes halogenated alkanes) is 1. The van der Waals surface area contributed by atoms with Crippen molar-refractivity contribution in [2.75, 3.05) is 0 Å². The maximum Gasteiger partial charge on any atom is 0.0692 e. The Morgan fingerprint density at radius 2 is 1.58 bits per heavy atom. The first-order chi connectivity index (χ1) is 9.11. The summed E-state index contributed by atoms with van der Waals surface area (Å²) in [6.45, 7) is 2.19. The Morgan fingerprint density at radius 3 is 2.00 bits per heavy atom. The molecule has 1 atom stereocenters. The molecule has 0 radical (unpaired) electrons. The van der Waals surface area contributed by atoms with Crippen LogP contribution in [0.3, 0.4) is 0 Å². The van der Waals surface area contributed by atoms with E-state index in [1.54, 1.807) is 0 Å². The van der Waals surface area contributed by atoms with Crippen molar-refractivity contribution in [3.8, 4) is 12.1 Å². The molecule has 0 aromatic carbocycles. The van der Waals surface area contributed by atoms with Crippen LogP contribution in [0.25, 0.3) is 0 Å². The number of hydrogen-bond acceptors (Lipinski definition) is 2. The highest BCUT2D eigenvalue weighted by Crippen LogP contribution is 2.66. The van der Waals surface area contributed by atoms with Crippen molar-refractivity contribution in [2.45, 2.75) is 64.7 Å². The van der Waals surface area contributed by atoms with Crippen LogP contribution in [0.4, 0.5) is 0 Å². The molecule has 0 aromatic heterocycles. The first-order valence-corrected chi connectivity index (χ1v) is 7.89. The Morgan fingerprint density at radius 1 is 1.05 bits per heavy atom. The molecule has 0 aliphatic heterocycles. The minimum absolute atomic E-state index is 0.195. The zero-order valence-corrected chi connectivity index (χ0v) is 12.0. The number of nitriles is 2. The van der Waals surface area contributed by atoms with E-state index in [-0.39, 0.29) is 10.8 Å². The summed E-state index contributed by atoms with van der Waals surface area (Å²) in [6, 6.07) is 4.91. The van der Waals surface area contributed by atoms with Crippen LogP contribution in [0, 0.1) is 51.2 Å². The van der Waals surface area contributed by atoms with Crippen LogP contribution in [-0.2, 0) is 0 Å². The van der Waals surface area contributed by atoms with Gasteiger partial charge in [0.1, 0.15) is 0 Å². The summed E-state index contributed by atoms with van der Waals surface area (Å²) >= 11 is 0. The molecule has 4 bridgehead atoms. The van der Waals surface area contributed by atoms with Crippen LogP contribution < -0.4 is 0 Å². The molecule has 4 saturated carbocycles. The van der Waals surface area contributed by atoms with Gasteiger partial charge in [0, 0.05) is 6.42 Å². The maximum absolute atomic E-state index is 9.81. The van der Waals surface area contributed by atoms with E-state index in [4.69, 9.17) is 5.26 Å². The zero-order valence-electron chi connectivity index (χ0n) is 12.0. The molecule has 0 spiro atoms. The number of rotatable bonds is 4. The molecular formula is C17H24N2. The van der Waals surface area contributed by atoms with Gasteiger partial charge in [0.25, 0.3) is 0 Å². The lowest BCUT2D eigenvalue weighted by molar-refractivity contribution is -0.108. The van der Waals surface area contributed by atoms with Gasteiger partial charge in [0.2, 0.25) is 0 Å². The molecule has 0 amide bonds. The first-order valence-electron chi connectivity index (χ1n) is 7.89. The normalized spacial score (nSPS) is 42.4. The zero-order chi connectivity index (χ0) is 13.5. The Hall–Kier alpha value is -1.02. The predicted octanol–water partition coefficient (Wildman–Crippen LogP) is 4.43. The second-order valence-corrected chi connectivity index (χ2v) is 7.65. The van der Waals surface area contributed by atoms with E-state index in [2.05, 4.69) is 19.1 Å². The molecule has 0 saturated heterocycles. The quantitative estimate of drug-likeness (QED) is 0.699. The third kappa shape index (κ3) is 1.97. The lowest BCUT2D eigenvalue weighted by Crippen LogP contribution is -2.53. The van der Waals surface area contributed by atoms with Gasteiger partial charge in [-0.2, -0.15) is 10.5 Å². The average molecular weight is 256 g/mol. The van der Waals surface area contributed by atoms with E-state index in [1.807, 2.05) is 0 Å². The highest BCUT2D eigenvalue weighted by atomic mass is 14.6. The molecule has 0 heterocycles. The summed E-state index contributed by atoms with van der Waals surface area (Å²) in [6.07, 6.45) is 10.6. The fourth-order valence-corrected chi connectivity index (χ4v) is 5.75. The van der Waals surface area contributed by atoms with E-state index >= 15 is 0 Å². The molecule has 4 rings (SSSR count). The van der Waals surface area contributed by atoms with Crippen molar-refractivity contribution in [2.24, 2.45) is 28.6 Å². The Kier molecular flexibility index (Phi) is 3.09. The standard InChI is InChI=1S/C17H24N2/c1-16(12-19,4-2-3-5-18)17-9-13-6-14(10-17)8-15(7-13)11-17/h13-15H,2-4,6-11H2,1H3. The van der Waals surface area contributed by atoms with Gasteiger partial charge in [-0.25, -0.2) is 0 Å². The van der Waals surface area contributed by atoms with Crippen molar-refractivity contribution in [3.63, 3.8) is 0 Å². The lowest BCUT2D eigenvalue weighted by atomic mass is 9.42. The maximum atomic E-state index is 9.81. The molecule has 2 nitrogen and oxygen atoms in total. The fraction of sp³-hybridized carbons (Fsp3) is 0.882. The van der Waals surface area contributed by atoms with Crippen LogP contribution in [-0.4, -0.2) is 0 Å². The van der Waals surface area contributed by atoms with Crippen molar-refractivity contribution >= 4 is 0 Å². The van der Waals surface area contributed by atoms with E-state index in [0.29, 0.717) is 6.42 Å². The van der Waals surface area contributed by atoms with E-state index < -0.39 is 0 Å². The summed E-state index contributed by atoms with van der Waals surface area (Å²) in [4.78, 5) is 0. The minimum atomic E-state index is -0.195. The largest absolute Gasteiger partial charge is 0.198 e. The predicted molar refractivity (Wildman–Crippen MR) is 73.8 cm³/mol. The lowest BCUT2D eigenvalue weighted by Gasteiger charge is -2.61. The van der Waals surface area contributed by atoms with Crippen LogP contribution in [0.15, 0.2) is 0 Å². The second-order valence-electron chi connectivity index (χ2n) is 7.65. The van der Waals surface area contributed by atoms with Gasteiger partial charge in [-0.3, -0.25) is 0 Å². The Labute approximate surface area is 116 Å². The summed E-state index contributed by atoms with van der Waals surface area (Å²) in [5.74, 6) is 2.69. The van der Waals surface area contributed by atoms with Gasteiger partial charge < -0.3 is 0 Å². The van der Waals surface area contributed by atoms with Crippen molar-refractivity contribution < 1.29 is 0 Å². The van der Waals surface area contributed by atoms with Gasteiger partial charge >= 0.3 is 0 Å². The molecule has 4 fully saturated rings. The summed E-state index contributed by atoms with van der Waals surface area (Å²) in [7, 11) is 0. The van der Waals surface area contributed by atoms with Gasteiger partial charge in [-0.05, 0) is 81.5 Å². The van der Waals surface area contributed by atoms with E-state index in [0.717, 1.165) is 30.6 Å². The van der Waals surface area contributed by atoms with Crippen molar-refractivity contribution in [1.29, 1.82) is 10.5 Å². The molecular weight excluding hydrogens is 232 g/mol. The fourth-order valence-electron chi connectivity index (χ4n) is 5.75. The van der Waals surface area contributed by atoms with Crippen molar-refractivity contribution in [1.82, 2.24) is 0 Å². The summed E-state index contributed by atoms with van der Waals surface area (Å²) < 4.78 is 0. The van der Waals surface area contributed by atoms with Gasteiger partial charge in [-0.1, -0.05) is 0 Å². The van der Waals surface area contributed by atoms with E-state index in [9.17, 15) is 5.26 Å². The second kappa shape index (κ2) is 4.52. The molecule has 2 heteroatoms. The average Bonchev–Trinajstić information content (AvgIpc) is 2.37. The van der Waals surface area contributed by atoms with Gasteiger partial charge in [0.15, 0.2) is 0 Å². The monoisotopic (exact) mass is 256 g/mol. The molecule has 4 aliphatic carbocycles. The highest BCUT2D eigenvalue weighted by Gasteiger charge is 2.58. The van der Waals surface area contributed by atoms with Gasteiger partial charge in [0.05, 0.1) is 17.6 Å². The topological polar surface area (TPSA) is 47.6 Å². The molecule has 0 aromatic rings. The molecule has 1 unspecified atom stereocenters. The van der Waals surface area contributed by atoms with Crippen LogP contribution in [0.2, 0.25) is 0 Å². The Bertz CT molecular complexity index is 404. The van der Waals surface area contributed by atoms with Gasteiger partial charge in [-0.15, -0.1) is 0 Å². The third-order valence-electron chi connectivity index (χ3n) is 6.42. The first kappa shape index (κ1) is 13.0. The smallest absolute Gasteiger partial charge is 0.0692 e. The van der Waals surface area contributed by atoms with Crippen LogP contribution in [0.5, 0.6) is 0 Å². The summed E-state index contributed by atoms with van der Waals surface area (Å²) in [5.41, 5.74) is 0.0891. The van der Waals surface area contributed by atoms with Crippen LogP contribution >= 0.6 is 0 Å². The summed E-state index contributed by atoms with van der Waals surface area (Å²) in [5, 5.41) is 18.5. The highest BCUT2D eigenvalue weighted by molar-refractivity contribution is 5.14. The molecule has 19 heavy (non-hydrogen) atoms. The SMILES string of the molecule is CC(C#N)(CCCC#N)C12CC3CC(CC(C3)C1)C2. The molecule has 0 N–H and O–H groups in total. The van der Waals surface area contributed by atoms with Crippen molar-refractivity contribution in [3.05, 3.63) is 0 Å². The third-order valence-corrected chi connectivity index (χ3v) is 6.42. The molecule has 4 aliphatic rings. The van der Waals surface area contributed by atoms with E-state index in [1.165, 1.54) is 38.5 Å². The number of hydrogen-bond donors (Lipinski definition) is 0. The minimum Gasteiger partial charge on any atom is -0.198 e. The molecule has 102 valence electrons. The van der Waals surface area contributed by atoms with Crippen LogP contribution in [0.1, 0.15) is 64.7 Å². The number of nitrogens with zero attached hydrogens (tertiary/aromatic N) is 2. The Balaban J connectivity index is 1.82.